The van der Waals surface area contributed by atoms with Gasteiger partial charge in [0.15, 0.2) is 11.2 Å². The average Bonchev–Trinajstić information content (AvgIpc) is 3.15. The number of rotatable bonds is 8. The molecule has 0 radical (unpaired) electrons. The number of hydrogen-bond donors (Lipinski definition) is 0. The maximum absolute atomic E-state index is 11.8. The van der Waals surface area contributed by atoms with Crippen LogP contribution in [0.3, 0.4) is 0 Å². The van der Waals surface area contributed by atoms with Crippen molar-refractivity contribution >= 4 is 27.7 Å². The SMILES string of the molecule is COc1c2ccoc2c(OC/C=C(\C)CCC(=O)C(C)C)c2oc(=O)ccc12. The first-order chi connectivity index (χ1) is 13.4. The van der Waals surface area contributed by atoms with Gasteiger partial charge >= 0.3 is 5.63 Å². The largest absolute Gasteiger partial charge is 0.495 e. The van der Waals surface area contributed by atoms with Gasteiger partial charge in [-0.3, -0.25) is 4.79 Å². The number of methoxy groups -OCH3 is 1. The first-order valence-electron chi connectivity index (χ1n) is 9.24. The summed E-state index contributed by atoms with van der Waals surface area (Å²) in [5.74, 6) is 1.21. The number of ether oxygens (including phenoxy) is 2. The zero-order valence-electron chi connectivity index (χ0n) is 16.5. The summed E-state index contributed by atoms with van der Waals surface area (Å²) < 4.78 is 22.4. The Hall–Kier alpha value is -3.02. The normalized spacial score (nSPS) is 12.1. The fourth-order valence-corrected chi connectivity index (χ4v) is 3.01. The smallest absolute Gasteiger partial charge is 0.336 e. The number of carbonyl (C=O) groups is 1. The van der Waals surface area contributed by atoms with Gasteiger partial charge in [-0.25, -0.2) is 4.79 Å². The zero-order chi connectivity index (χ0) is 20.3. The van der Waals surface area contributed by atoms with Crippen LogP contribution >= 0.6 is 0 Å². The van der Waals surface area contributed by atoms with Crippen molar-refractivity contribution in [2.75, 3.05) is 13.7 Å². The first kappa shape index (κ1) is 19.7. The van der Waals surface area contributed by atoms with Crippen LogP contribution in [0.15, 0.2) is 49.7 Å². The van der Waals surface area contributed by atoms with Gasteiger partial charge in [-0.2, -0.15) is 0 Å². The second kappa shape index (κ2) is 8.33. The van der Waals surface area contributed by atoms with Gasteiger partial charge in [0.25, 0.3) is 0 Å². The molecule has 0 unspecified atom stereocenters. The molecule has 0 bridgehead atoms. The van der Waals surface area contributed by atoms with Crippen LogP contribution < -0.4 is 15.1 Å². The van der Waals surface area contributed by atoms with Gasteiger partial charge in [0, 0.05) is 18.4 Å². The Labute approximate surface area is 162 Å². The lowest BCUT2D eigenvalue weighted by atomic mass is 10.0. The average molecular weight is 384 g/mol. The van der Waals surface area contributed by atoms with Gasteiger partial charge in [0.05, 0.1) is 24.1 Å². The monoisotopic (exact) mass is 384 g/mol. The molecule has 2 heterocycles. The summed E-state index contributed by atoms with van der Waals surface area (Å²) >= 11 is 0. The summed E-state index contributed by atoms with van der Waals surface area (Å²) in [6, 6.07) is 4.78. The molecular weight excluding hydrogens is 360 g/mol. The van der Waals surface area contributed by atoms with Crippen molar-refractivity contribution in [1.29, 1.82) is 0 Å². The molecular formula is C22H24O6. The Balaban J connectivity index is 1.89. The van der Waals surface area contributed by atoms with Crippen LogP contribution in [0.25, 0.3) is 21.9 Å². The number of Topliss-reactive ketones (excluding diaryl/α,β-unsaturated/α-hetero) is 1. The summed E-state index contributed by atoms with van der Waals surface area (Å²) in [4.78, 5) is 23.5. The third kappa shape index (κ3) is 3.96. The fraction of sp³-hybridized carbons (Fsp3) is 0.364. The Morgan fingerprint density at radius 1 is 1.11 bits per heavy atom. The highest BCUT2D eigenvalue weighted by Gasteiger charge is 2.20. The van der Waals surface area contributed by atoms with E-state index >= 15 is 0 Å². The van der Waals surface area contributed by atoms with Gasteiger partial charge in [-0.05, 0) is 31.6 Å². The minimum atomic E-state index is -0.482. The molecule has 2 aromatic heterocycles. The van der Waals surface area contributed by atoms with Crippen LogP contribution in [0.2, 0.25) is 0 Å². The van der Waals surface area contributed by atoms with Crippen molar-refractivity contribution in [1.82, 2.24) is 0 Å². The minimum Gasteiger partial charge on any atom is -0.495 e. The summed E-state index contributed by atoms with van der Waals surface area (Å²) in [5, 5.41) is 1.37. The van der Waals surface area contributed by atoms with E-state index in [0.29, 0.717) is 35.3 Å². The van der Waals surface area contributed by atoms with E-state index in [1.165, 1.54) is 12.3 Å². The van der Waals surface area contributed by atoms with Gasteiger partial charge in [-0.15, -0.1) is 0 Å². The van der Waals surface area contributed by atoms with E-state index < -0.39 is 5.63 Å². The van der Waals surface area contributed by atoms with E-state index in [4.69, 9.17) is 18.3 Å². The van der Waals surface area contributed by atoms with E-state index in [9.17, 15) is 9.59 Å². The molecule has 6 heteroatoms. The van der Waals surface area contributed by atoms with E-state index in [-0.39, 0.29) is 23.9 Å². The maximum atomic E-state index is 11.8. The van der Waals surface area contributed by atoms with E-state index in [0.717, 1.165) is 11.0 Å². The highest BCUT2D eigenvalue weighted by molar-refractivity contribution is 6.06. The van der Waals surface area contributed by atoms with Gasteiger partial charge in [0.1, 0.15) is 18.1 Å². The van der Waals surface area contributed by atoms with Crippen molar-refractivity contribution in [3.63, 3.8) is 0 Å². The molecule has 0 saturated heterocycles. The van der Waals surface area contributed by atoms with Crippen molar-refractivity contribution in [3.05, 3.63) is 46.5 Å². The number of carbonyl (C=O) groups excluding carboxylic acids is 1. The van der Waals surface area contributed by atoms with Crippen LogP contribution in [-0.2, 0) is 4.79 Å². The molecule has 3 rings (SSSR count). The van der Waals surface area contributed by atoms with Crippen molar-refractivity contribution in [3.8, 4) is 11.5 Å². The lowest BCUT2D eigenvalue weighted by Crippen LogP contribution is -2.06. The number of fused-ring (bicyclic) bond motifs is 2. The molecule has 0 atom stereocenters. The molecule has 0 fully saturated rings. The predicted octanol–water partition coefficient (Wildman–Crippen LogP) is 4.88. The molecule has 6 nitrogen and oxygen atoms in total. The molecule has 0 aliphatic carbocycles. The molecule has 0 aliphatic heterocycles. The highest BCUT2D eigenvalue weighted by atomic mass is 16.5. The van der Waals surface area contributed by atoms with Gasteiger partial charge in [0.2, 0.25) is 5.75 Å². The molecule has 3 aromatic rings. The van der Waals surface area contributed by atoms with Crippen LogP contribution in [0.1, 0.15) is 33.6 Å². The Bertz CT molecular complexity index is 1080. The Morgan fingerprint density at radius 3 is 2.57 bits per heavy atom. The number of hydrogen-bond acceptors (Lipinski definition) is 6. The first-order valence-corrected chi connectivity index (χ1v) is 9.24. The molecule has 28 heavy (non-hydrogen) atoms. The van der Waals surface area contributed by atoms with Crippen LogP contribution in [0, 0.1) is 5.92 Å². The van der Waals surface area contributed by atoms with Crippen molar-refractivity contribution < 1.29 is 23.1 Å². The number of allylic oxidation sites excluding steroid dienone is 1. The van der Waals surface area contributed by atoms with E-state index in [2.05, 4.69) is 0 Å². The molecule has 0 amide bonds. The summed E-state index contributed by atoms with van der Waals surface area (Å²) in [5.41, 5.74) is 1.32. The summed E-state index contributed by atoms with van der Waals surface area (Å²) in [6.07, 6.45) is 4.66. The van der Waals surface area contributed by atoms with E-state index in [1.54, 1.807) is 19.2 Å². The number of ketones is 1. The second-order valence-corrected chi connectivity index (χ2v) is 7.01. The Morgan fingerprint density at radius 2 is 1.86 bits per heavy atom. The van der Waals surface area contributed by atoms with Gasteiger partial charge < -0.3 is 18.3 Å². The highest BCUT2D eigenvalue weighted by Crippen LogP contribution is 2.42. The lowest BCUT2D eigenvalue weighted by Gasteiger charge is -2.11. The van der Waals surface area contributed by atoms with Crippen LogP contribution in [0.5, 0.6) is 11.5 Å². The van der Waals surface area contributed by atoms with Crippen molar-refractivity contribution in [2.24, 2.45) is 5.92 Å². The molecule has 0 aliphatic rings. The zero-order valence-corrected chi connectivity index (χ0v) is 16.5. The van der Waals surface area contributed by atoms with Gasteiger partial charge in [-0.1, -0.05) is 19.4 Å². The summed E-state index contributed by atoms with van der Waals surface area (Å²) in [7, 11) is 1.55. The molecule has 148 valence electrons. The molecule has 0 N–H and O–H groups in total. The van der Waals surface area contributed by atoms with Crippen LogP contribution in [0.4, 0.5) is 0 Å². The third-order valence-electron chi connectivity index (χ3n) is 4.67. The third-order valence-corrected chi connectivity index (χ3v) is 4.67. The van der Waals surface area contributed by atoms with Crippen LogP contribution in [-0.4, -0.2) is 19.5 Å². The standard InChI is InChI=1S/C22H24O6/c1-13(2)17(23)7-5-14(3)9-11-27-22-20-16(10-12-26-20)19(25-4)15-6-8-18(24)28-21(15)22/h6,8-10,12-13H,5,7,11H2,1-4H3/b14-9+. The topological polar surface area (TPSA) is 78.9 Å². The predicted molar refractivity (Wildman–Crippen MR) is 107 cm³/mol. The molecule has 0 saturated carbocycles. The Kier molecular flexibility index (Phi) is 5.87. The fourth-order valence-electron chi connectivity index (χ4n) is 3.01. The lowest BCUT2D eigenvalue weighted by molar-refractivity contribution is -0.121. The second-order valence-electron chi connectivity index (χ2n) is 7.01. The quantitative estimate of drug-likeness (QED) is 0.407. The maximum Gasteiger partial charge on any atom is 0.336 e. The molecule has 1 aromatic carbocycles. The van der Waals surface area contributed by atoms with Crippen molar-refractivity contribution in [2.45, 2.75) is 33.6 Å². The number of benzene rings is 1. The molecule has 0 spiro atoms. The summed E-state index contributed by atoms with van der Waals surface area (Å²) in [6.45, 7) is 6.03. The van der Waals surface area contributed by atoms with E-state index in [1.807, 2.05) is 26.8 Å². The minimum absolute atomic E-state index is 0.0462. The number of furan rings is 1.